The van der Waals surface area contributed by atoms with Gasteiger partial charge in [0.15, 0.2) is 24.0 Å². The fourth-order valence-electron chi connectivity index (χ4n) is 5.16. The van der Waals surface area contributed by atoms with E-state index < -0.39 is 48.2 Å². The summed E-state index contributed by atoms with van der Waals surface area (Å²) in [4.78, 5) is 11.8. The molecule has 140 valence electrons. The van der Waals surface area contributed by atoms with E-state index in [-0.39, 0.29) is 0 Å². The van der Waals surface area contributed by atoms with Gasteiger partial charge in [0.05, 0.1) is 0 Å². The second kappa shape index (κ2) is 5.89. The van der Waals surface area contributed by atoms with E-state index in [9.17, 15) is 9.90 Å². The Kier molecular flexibility index (Phi) is 3.87. The number of hydrogen-bond acceptors (Lipinski definition) is 6. The number of rotatable bonds is 1. The highest BCUT2D eigenvalue weighted by Crippen LogP contribution is 2.50. The SMILES string of the molecule is O=C(O)[C@@H]1O[C@H]2OC3(CCCCC3)O[C@@H]2[C@@H]2OC3(CCCCC3)O[C@@H]21. The van der Waals surface area contributed by atoms with Crippen LogP contribution in [0.5, 0.6) is 0 Å². The molecule has 3 aliphatic heterocycles. The molecule has 0 radical (unpaired) electrons. The van der Waals surface area contributed by atoms with Gasteiger partial charge in [0.1, 0.15) is 18.3 Å². The predicted molar refractivity (Wildman–Crippen MR) is 83.6 cm³/mol. The van der Waals surface area contributed by atoms with Gasteiger partial charge < -0.3 is 28.8 Å². The van der Waals surface area contributed by atoms with Crippen LogP contribution in [0.3, 0.4) is 0 Å². The molecule has 2 aliphatic carbocycles. The second-order valence-electron chi connectivity index (χ2n) is 8.07. The van der Waals surface area contributed by atoms with Crippen LogP contribution in [0.2, 0.25) is 0 Å². The van der Waals surface area contributed by atoms with Crippen LogP contribution in [0.25, 0.3) is 0 Å². The summed E-state index contributed by atoms with van der Waals surface area (Å²) in [5, 5.41) is 9.64. The van der Waals surface area contributed by atoms with Crippen LogP contribution in [0.15, 0.2) is 0 Å². The predicted octanol–water partition coefficient (Wildman–Crippen LogP) is 2.32. The van der Waals surface area contributed by atoms with Gasteiger partial charge in [-0.2, -0.15) is 0 Å². The number of carboxylic acids is 1. The summed E-state index contributed by atoms with van der Waals surface area (Å²) in [6.45, 7) is 0. The van der Waals surface area contributed by atoms with Crippen LogP contribution < -0.4 is 0 Å². The Bertz CT molecular complexity index is 538. The van der Waals surface area contributed by atoms with Crippen molar-refractivity contribution in [2.24, 2.45) is 0 Å². The molecule has 3 heterocycles. The van der Waals surface area contributed by atoms with Gasteiger partial charge >= 0.3 is 5.97 Å². The first-order valence-electron chi connectivity index (χ1n) is 9.69. The third-order valence-corrected chi connectivity index (χ3v) is 6.35. The van der Waals surface area contributed by atoms with Gasteiger partial charge in [0, 0.05) is 25.7 Å². The van der Waals surface area contributed by atoms with Crippen molar-refractivity contribution < 1.29 is 33.6 Å². The van der Waals surface area contributed by atoms with Crippen LogP contribution in [0, 0.1) is 0 Å². The topological polar surface area (TPSA) is 83.5 Å². The Hall–Kier alpha value is -0.730. The van der Waals surface area contributed by atoms with Crippen LogP contribution >= 0.6 is 0 Å². The van der Waals surface area contributed by atoms with E-state index in [1.165, 1.54) is 6.42 Å². The van der Waals surface area contributed by atoms with Crippen LogP contribution in [0.1, 0.15) is 64.2 Å². The Morgan fingerprint density at radius 3 is 1.84 bits per heavy atom. The monoisotopic (exact) mass is 354 g/mol. The lowest BCUT2D eigenvalue weighted by Gasteiger charge is -2.35. The average molecular weight is 354 g/mol. The van der Waals surface area contributed by atoms with Crippen molar-refractivity contribution in [1.82, 2.24) is 0 Å². The smallest absolute Gasteiger partial charge is 0.335 e. The molecule has 3 saturated heterocycles. The van der Waals surface area contributed by atoms with Gasteiger partial charge in [0.2, 0.25) is 0 Å². The standard InChI is InChI=1S/C18H26O7/c19-15(20)13-11-12(23-17(22-11)7-3-1-4-8-17)14-16(21-13)25-18(24-14)9-5-2-6-10-18/h11-14,16H,1-10H2,(H,19,20)/t11-,12+,13+,14+,16-/m0/s1. The van der Waals surface area contributed by atoms with Gasteiger partial charge in [-0.05, 0) is 25.7 Å². The number of fused-ring (bicyclic) bond motifs is 3. The lowest BCUT2D eigenvalue weighted by molar-refractivity contribution is -0.251. The Morgan fingerprint density at radius 1 is 0.720 bits per heavy atom. The first-order valence-corrected chi connectivity index (χ1v) is 9.69. The molecule has 0 unspecified atom stereocenters. The van der Waals surface area contributed by atoms with Crippen LogP contribution in [-0.2, 0) is 28.5 Å². The molecule has 25 heavy (non-hydrogen) atoms. The zero-order valence-electron chi connectivity index (χ0n) is 14.4. The third-order valence-electron chi connectivity index (χ3n) is 6.35. The fourth-order valence-corrected chi connectivity index (χ4v) is 5.16. The van der Waals surface area contributed by atoms with Crippen molar-refractivity contribution in [3.05, 3.63) is 0 Å². The normalized spacial score (nSPS) is 44.6. The maximum Gasteiger partial charge on any atom is 0.335 e. The molecule has 0 aromatic heterocycles. The molecule has 5 aliphatic rings. The van der Waals surface area contributed by atoms with Crippen molar-refractivity contribution in [3.8, 4) is 0 Å². The zero-order valence-corrected chi connectivity index (χ0v) is 14.4. The van der Waals surface area contributed by atoms with Crippen LogP contribution in [0.4, 0.5) is 0 Å². The minimum absolute atomic E-state index is 0.417. The summed E-state index contributed by atoms with van der Waals surface area (Å²) in [6.07, 6.45) is 6.50. The van der Waals surface area contributed by atoms with E-state index in [1.807, 2.05) is 0 Å². The molecule has 0 aromatic rings. The maximum atomic E-state index is 11.8. The lowest BCUT2D eigenvalue weighted by Crippen LogP contribution is -2.57. The summed E-state index contributed by atoms with van der Waals surface area (Å²) < 4.78 is 30.8. The summed E-state index contributed by atoms with van der Waals surface area (Å²) in [7, 11) is 0. The fraction of sp³-hybridized carbons (Fsp3) is 0.944. The summed E-state index contributed by atoms with van der Waals surface area (Å²) in [5.74, 6) is -2.35. The molecule has 1 N–H and O–H groups in total. The Balaban J connectivity index is 1.43. The van der Waals surface area contributed by atoms with Crippen molar-refractivity contribution in [1.29, 1.82) is 0 Å². The van der Waals surface area contributed by atoms with E-state index in [0.717, 1.165) is 57.8 Å². The van der Waals surface area contributed by atoms with E-state index in [0.29, 0.717) is 0 Å². The summed E-state index contributed by atoms with van der Waals surface area (Å²) in [6, 6.07) is 0. The molecule has 7 heteroatoms. The summed E-state index contributed by atoms with van der Waals surface area (Å²) >= 11 is 0. The average Bonchev–Trinajstić information content (AvgIpc) is 3.13. The molecule has 7 nitrogen and oxygen atoms in total. The highest BCUT2D eigenvalue weighted by atomic mass is 16.9. The molecule has 2 spiro atoms. The van der Waals surface area contributed by atoms with Gasteiger partial charge in [-0.3, -0.25) is 0 Å². The van der Waals surface area contributed by atoms with Crippen molar-refractivity contribution >= 4 is 5.97 Å². The van der Waals surface area contributed by atoms with E-state index in [2.05, 4.69) is 0 Å². The highest BCUT2D eigenvalue weighted by Gasteiger charge is 2.65. The second-order valence-corrected chi connectivity index (χ2v) is 8.07. The first-order chi connectivity index (χ1) is 12.1. The van der Waals surface area contributed by atoms with Crippen LogP contribution in [-0.4, -0.2) is 53.4 Å². The third kappa shape index (κ3) is 2.63. The quantitative estimate of drug-likeness (QED) is 0.773. The number of aliphatic carboxylic acids is 1. The minimum Gasteiger partial charge on any atom is -0.479 e. The van der Waals surface area contributed by atoms with Gasteiger partial charge in [-0.15, -0.1) is 0 Å². The molecule has 2 saturated carbocycles. The van der Waals surface area contributed by atoms with Gasteiger partial charge in [-0.25, -0.2) is 4.79 Å². The van der Waals surface area contributed by atoms with Gasteiger partial charge in [0.25, 0.3) is 0 Å². The maximum absolute atomic E-state index is 11.8. The molecule has 0 amide bonds. The number of carbonyl (C=O) groups is 1. The zero-order chi connectivity index (χ0) is 17.1. The lowest BCUT2D eigenvalue weighted by atomic mass is 9.94. The Labute approximate surface area is 146 Å². The Morgan fingerprint density at radius 2 is 1.24 bits per heavy atom. The number of hydrogen-bond donors (Lipinski definition) is 1. The molecule has 5 atom stereocenters. The van der Waals surface area contributed by atoms with E-state index in [4.69, 9.17) is 23.7 Å². The van der Waals surface area contributed by atoms with E-state index in [1.54, 1.807) is 0 Å². The molecule has 0 bridgehead atoms. The molecule has 5 fully saturated rings. The summed E-state index contributed by atoms with van der Waals surface area (Å²) in [5.41, 5.74) is 0. The van der Waals surface area contributed by atoms with Crippen molar-refractivity contribution in [3.63, 3.8) is 0 Å². The highest BCUT2D eigenvalue weighted by molar-refractivity contribution is 5.73. The molecule has 0 aromatic carbocycles. The van der Waals surface area contributed by atoms with Crippen molar-refractivity contribution in [2.45, 2.75) is 106 Å². The number of carboxylic acid groups (broad SMARTS) is 1. The molecular weight excluding hydrogens is 328 g/mol. The van der Waals surface area contributed by atoms with E-state index >= 15 is 0 Å². The molecule has 5 rings (SSSR count). The minimum atomic E-state index is -1.07. The first kappa shape index (κ1) is 16.4. The van der Waals surface area contributed by atoms with Crippen molar-refractivity contribution in [2.75, 3.05) is 0 Å². The largest absolute Gasteiger partial charge is 0.479 e. The van der Waals surface area contributed by atoms with Gasteiger partial charge in [-0.1, -0.05) is 12.8 Å². The molecular formula is C18H26O7. The number of ether oxygens (including phenoxy) is 5.